The minimum absolute atomic E-state index is 0.0495. The van der Waals surface area contributed by atoms with Crippen molar-refractivity contribution in [1.29, 1.82) is 0 Å². The van der Waals surface area contributed by atoms with E-state index in [1.807, 2.05) is 11.7 Å². The van der Waals surface area contributed by atoms with Crippen LogP contribution in [0.15, 0.2) is 0 Å². The van der Waals surface area contributed by atoms with Gasteiger partial charge in [0.2, 0.25) is 0 Å². The van der Waals surface area contributed by atoms with Crippen molar-refractivity contribution in [3.63, 3.8) is 0 Å². The van der Waals surface area contributed by atoms with E-state index in [1.54, 1.807) is 0 Å². The molecule has 5 nitrogen and oxygen atoms in total. The van der Waals surface area contributed by atoms with Crippen LogP contribution in [0.2, 0.25) is 0 Å². The molecule has 1 aromatic heterocycles. The van der Waals surface area contributed by atoms with E-state index in [0.717, 1.165) is 31.5 Å². The van der Waals surface area contributed by atoms with E-state index in [0.29, 0.717) is 12.6 Å². The van der Waals surface area contributed by atoms with Crippen LogP contribution < -0.4 is 0 Å². The zero-order valence-electron chi connectivity index (χ0n) is 11.8. The van der Waals surface area contributed by atoms with Gasteiger partial charge >= 0.3 is 5.97 Å². The van der Waals surface area contributed by atoms with Gasteiger partial charge in [-0.3, -0.25) is 14.4 Å². The number of hydrogen-bond donors (Lipinski definition) is 0. The molecule has 0 bridgehead atoms. The highest BCUT2D eigenvalue weighted by Gasteiger charge is 2.40. The fourth-order valence-electron chi connectivity index (χ4n) is 3.53. The molecular formula is C14H21N3O2. The number of carbonyl (C=O) groups excluding carboxylic acids is 1. The summed E-state index contributed by atoms with van der Waals surface area (Å²) in [5.41, 5.74) is 3.60. The molecular weight excluding hydrogens is 242 g/mol. The van der Waals surface area contributed by atoms with Gasteiger partial charge in [-0.15, -0.1) is 0 Å². The Labute approximate surface area is 113 Å². The zero-order chi connectivity index (χ0) is 13.6. The van der Waals surface area contributed by atoms with Crippen molar-refractivity contribution in [2.24, 2.45) is 7.05 Å². The predicted octanol–water partition coefficient (Wildman–Crippen LogP) is 1.49. The average Bonchev–Trinajstić information content (AvgIpc) is 3.02. The molecule has 19 heavy (non-hydrogen) atoms. The van der Waals surface area contributed by atoms with Crippen molar-refractivity contribution >= 4 is 5.97 Å². The summed E-state index contributed by atoms with van der Waals surface area (Å²) in [6.07, 6.45) is 3.08. The number of cyclic esters (lactones) is 1. The highest BCUT2D eigenvalue weighted by molar-refractivity contribution is 5.77. The number of esters is 1. The third-order valence-electron chi connectivity index (χ3n) is 4.50. The molecule has 0 N–H and O–H groups in total. The fraction of sp³-hybridized carbons (Fsp3) is 0.714. The third-order valence-corrected chi connectivity index (χ3v) is 4.50. The molecule has 3 rings (SSSR count). The second kappa shape index (κ2) is 4.63. The number of ether oxygens (including phenoxy) is 1. The Balaban J connectivity index is 1.93. The molecule has 2 aliphatic heterocycles. The molecule has 0 aromatic carbocycles. The smallest absolute Gasteiger partial charge is 0.323 e. The van der Waals surface area contributed by atoms with Crippen molar-refractivity contribution in [3.05, 3.63) is 17.0 Å². The Morgan fingerprint density at radius 2 is 2.05 bits per heavy atom. The number of aromatic nitrogens is 2. The first-order valence-electron chi connectivity index (χ1n) is 7.02. The molecule has 0 saturated carbocycles. The number of likely N-dealkylation sites (tertiary alicyclic amines) is 1. The molecule has 104 valence electrons. The SMILES string of the molecule is Cc1nn(C)c(C)c1C1CCCN1C1CCOC1=O. The summed E-state index contributed by atoms with van der Waals surface area (Å²) in [4.78, 5) is 14.2. The van der Waals surface area contributed by atoms with Gasteiger partial charge in [-0.25, -0.2) is 0 Å². The van der Waals surface area contributed by atoms with Gasteiger partial charge in [-0.05, 0) is 33.2 Å². The molecule has 1 aromatic rings. The Morgan fingerprint density at radius 1 is 1.26 bits per heavy atom. The number of carbonyl (C=O) groups is 1. The van der Waals surface area contributed by atoms with Crippen LogP contribution in [-0.2, 0) is 16.6 Å². The van der Waals surface area contributed by atoms with Crippen LogP contribution in [0, 0.1) is 13.8 Å². The zero-order valence-corrected chi connectivity index (χ0v) is 11.8. The van der Waals surface area contributed by atoms with Gasteiger partial charge in [0.25, 0.3) is 0 Å². The van der Waals surface area contributed by atoms with E-state index in [2.05, 4.69) is 23.8 Å². The number of hydrogen-bond acceptors (Lipinski definition) is 4. The topological polar surface area (TPSA) is 47.4 Å². The Hall–Kier alpha value is -1.36. The van der Waals surface area contributed by atoms with Crippen LogP contribution in [-0.4, -0.2) is 39.8 Å². The highest BCUT2D eigenvalue weighted by atomic mass is 16.5. The van der Waals surface area contributed by atoms with E-state index in [1.165, 1.54) is 11.3 Å². The van der Waals surface area contributed by atoms with Gasteiger partial charge in [-0.2, -0.15) is 5.10 Å². The monoisotopic (exact) mass is 263 g/mol. The van der Waals surface area contributed by atoms with Crippen LogP contribution >= 0.6 is 0 Å². The quantitative estimate of drug-likeness (QED) is 0.758. The lowest BCUT2D eigenvalue weighted by Crippen LogP contribution is -2.38. The molecule has 2 atom stereocenters. The number of rotatable bonds is 2. The van der Waals surface area contributed by atoms with E-state index >= 15 is 0 Å². The lowest BCUT2D eigenvalue weighted by Gasteiger charge is -2.28. The summed E-state index contributed by atoms with van der Waals surface area (Å²) in [6, 6.07) is 0.274. The fourth-order valence-corrected chi connectivity index (χ4v) is 3.53. The summed E-state index contributed by atoms with van der Waals surface area (Å²) in [7, 11) is 1.98. The van der Waals surface area contributed by atoms with Crippen molar-refractivity contribution < 1.29 is 9.53 Å². The van der Waals surface area contributed by atoms with Crippen molar-refractivity contribution in [2.75, 3.05) is 13.2 Å². The molecule has 0 spiro atoms. The van der Waals surface area contributed by atoms with Gasteiger partial charge in [0, 0.05) is 30.8 Å². The Bertz CT molecular complexity index is 509. The van der Waals surface area contributed by atoms with Gasteiger partial charge < -0.3 is 4.74 Å². The lowest BCUT2D eigenvalue weighted by molar-refractivity contribution is -0.142. The molecule has 3 heterocycles. The third kappa shape index (κ3) is 1.96. The summed E-state index contributed by atoms with van der Waals surface area (Å²) in [6.45, 7) is 5.72. The maximum Gasteiger partial charge on any atom is 0.323 e. The largest absolute Gasteiger partial charge is 0.464 e. The summed E-state index contributed by atoms with van der Waals surface area (Å²) >= 11 is 0. The van der Waals surface area contributed by atoms with E-state index in [4.69, 9.17) is 4.74 Å². The molecule has 0 radical (unpaired) electrons. The molecule has 5 heteroatoms. The van der Waals surface area contributed by atoms with E-state index in [9.17, 15) is 4.79 Å². The summed E-state index contributed by atoms with van der Waals surface area (Å²) < 4.78 is 7.06. The van der Waals surface area contributed by atoms with Crippen molar-refractivity contribution in [2.45, 2.75) is 45.2 Å². The minimum atomic E-state index is -0.0499. The van der Waals surface area contributed by atoms with Gasteiger partial charge in [0.15, 0.2) is 0 Å². The van der Waals surface area contributed by atoms with Crippen LogP contribution in [0.3, 0.4) is 0 Å². The lowest BCUT2D eigenvalue weighted by atomic mass is 10.0. The Morgan fingerprint density at radius 3 is 2.63 bits per heavy atom. The van der Waals surface area contributed by atoms with Crippen LogP contribution in [0.5, 0.6) is 0 Å². The summed E-state index contributed by atoms with van der Waals surface area (Å²) in [5.74, 6) is -0.0499. The maximum atomic E-state index is 11.8. The molecule has 2 fully saturated rings. The molecule has 0 aliphatic carbocycles. The van der Waals surface area contributed by atoms with Crippen LogP contribution in [0.1, 0.15) is 42.3 Å². The van der Waals surface area contributed by atoms with Crippen molar-refractivity contribution in [1.82, 2.24) is 14.7 Å². The second-order valence-electron chi connectivity index (χ2n) is 5.58. The maximum absolute atomic E-state index is 11.8. The van der Waals surface area contributed by atoms with Gasteiger partial charge in [0.05, 0.1) is 12.3 Å². The molecule has 0 amide bonds. The minimum Gasteiger partial charge on any atom is -0.464 e. The predicted molar refractivity (Wildman–Crippen MR) is 70.7 cm³/mol. The average molecular weight is 263 g/mol. The number of aryl methyl sites for hydroxylation is 2. The molecule has 2 unspecified atom stereocenters. The van der Waals surface area contributed by atoms with E-state index in [-0.39, 0.29) is 12.0 Å². The first kappa shape index (κ1) is 12.7. The van der Waals surface area contributed by atoms with Gasteiger partial charge in [-0.1, -0.05) is 0 Å². The van der Waals surface area contributed by atoms with Crippen molar-refractivity contribution in [3.8, 4) is 0 Å². The normalized spacial score (nSPS) is 28.1. The van der Waals surface area contributed by atoms with Gasteiger partial charge in [0.1, 0.15) is 6.04 Å². The number of nitrogens with zero attached hydrogens (tertiary/aromatic N) is 3. The first-order valence-corrected chi connectivity index (χ1v) is 7.02. The molecule has 2 aliphatic rings. The second-order valence-corrected chi connectivity index (χ2v) is 5.58. The summed E-state index contributed by atoms with van der Waals surface area (Å²) in [5, 5.41) is 4.51. The Kier molecular flexibility index (Phi) is 3.09. The van der Waals surface area contributed by atoms with Crippen LogP contribution in [0.4, 0.5) is 0 Å². The standard InChI is InChI=1S/C14H21N3O2/c1-9-13(10(2)16(3)15-9)11-5-4-7-17(11)12-6-8-19-14(12)18/h11-12H,4-8H2,1-3H3. The van der Waals surface area contributed by atoms with Crippen LogP contribution in [0.25, 0.3) is 0 Å². The highest BCUT2D eigenvalue weighted by Crippen LogP contribution is 2.38. The first-order chi connectivity index (χ1) is 9.09. The van der Waals surface area contributed by atoms with E-state index < -0.39 is 0 Å². The molecule has 2 saturated heterocycles.